The highest BCUT2D eigenvalue weighted by molar-refractivity contribution is 6.06. The van der Waals surface area contributed by atoms with Gasteiger partial charge in [-0.3, -0.25) is 9.69 Å². The van der Waals surface area contributed by atoms with Crippen molar-refractivity contribution in [3.8, 4) is 0 Å². The van der Waals surface area contributed by atoms with E-state index in [1.54, 1.807) is 0 Å². The van der Waals surface area contributed by atoms with Crippen molar-refractivity contribution in [1.29, 1.82) is 0 Å². The average Bonchev–Trinajstić information content (AvgIpc) is 2.65. The number of aryl methyl sites for hydroxylation is 1. The second-order valence-corrected chi connectivity index (χ2v) is 7.38. The van der Waals surface area contributed by atoms with E-state index in [0.29, 0.717) is 6.42 Å². The van der Waals surface area contributed by atoms with Gasteiger partial charge in [-0.25, -0.2) is 0 Å². The molecule has 1 heterocycles. The van der Waals surface area contributed by atoms with Crippen molar-refractivity contribution in [2.24, 2.45) is 5.16 Å². The third-order valence-corrected chi connectivity index (χ3v) is 4.90. The van der Waals surface area contributed by atoms with Crippen LogP contribution in [0.3, 0.4) is 0 Å². The van der Waals surface area contributed by atoms with Crippen LogP contribution in [-0.2, 0) is 14.4 Å². The standard InChI is InChI=1S/C21H32N2O3/c1-5-6-7-19(24)16-26-22-20(18-10-8-17(2)9-11-18)21(3,4)23-12-14-25-15-13-23/h8-11H,5-7,12-16H2,1-4H3/b22-20-. The molecule has 1 saturated heterocycles. The van der Waals surface area contributed by atoms with Crippen molar-refractivity contribution in [3.05, 3.63) is 35.4 Å². The van der Waals surface area contributed by atoms with Crippen LogP contribution in [0.15, 0.2) is 29.4 Å². The van der Waals surface area contributed by atoms with Crippen LogP contribution in [0.25, 0.3) is 0 Å². The van der Waals surface area contributed by atoms with Gasteiger partial charge in [0.2, 0.25) is 0 Å². The number of oxime groups is 1. The van der Waals surface area contributed by atoms with Crippen LogP contribution in [-0.4, -0.2) is 54.8 Å². The molecule has 0 bridgehead atoms. The minimum Gasteiger partial charge on any atom is -0.387 e. The Bertz CT molecular complexity index is 602. The fraction of sp³-hybridized carbons (Fsp3) is 0.619. The monoisotopic (exact) mass is 360 g/mol. The largest absolute Gasteiger partial charge is 0.387 e. The highest BCUT2D eigenvalue weighted by Gasteiger charge is 2.35. The summed E-state index contributed by atoms with van der Waals surface area (Å²) in [4.78, 5) is 19.8. The molecule has 0 aliphatic carbocycles. The first-order chi connectivity index (χ1) is 12.4. The van der Waals surface area contributed by atoms with Gasteiger partial charge in [0.25, 0.3) is 0 Å². The van der Waals surface area contributed by atoms with Gasteiger partial charge in [-0.15, -0.1) is 0 Å². The second-order valence-electron chi connectivity index (χ2n) is 7.38. The number of carbonyl (C=O) groups excluding carboxylic acids is 1. The van der Waals surface area contributed by atoms with Gasteiger partial charge in [0.1, 0.15) is 5.71 Å². The number of nitrogens with zero attached hydrogens (tertiary/aromatic N) is 2. The van der Waals surface area contributed by atoms with E-state index in [2.05, 4.69) is 62.0 Å². The molecule has 0 aromatic heterocycles. The molecule has 2 rings (SSSR count). The molecule has 0 atom stereocenters. The summed E-state index contributed by atoms with van der Waals surface area (Å²) in [6, 6.07) is 8.29. The number of rotatable bonds is 9. The number of hydrogen-bond donors (Lipinski definition) is 0. The smallest absolute Gasteiger partial charge is 0.175 e. The van der Waals surface area contributed by atoms with Crippen LogP contribution in [0, 0.1) is 6.92 Å². The molecule has 1 fully saturated rings. The van der Waals surface area contributed by atoms with Gasteiger partial charge in [0, 0.05) is 25.1 Å². The molecule has 1 aliphatic rings. The summed E-state index contributed by atoms with van der Waals surface area (Å²) in [5.41, 5.74) is 2.76. The molecular weight excluding hydrogens is 328 g/mol. The Labute approximate surface area is 157 Å². The van der Waals surface area contributed by atoms with Crippen LogP contribution in [0.2, 0.25) is 0 Å². The molecule has 0 radical (unpaired) electrons. The quantitative estimate of drug-likeness (QED) is 0.499. The Balaban J connectivity index is 2.19. The highest BCUT2D eigenvalue weighted by Crippen LogP contribution is 2.23. The number of morpholine rings is 1. The molecule has 0 N–H and O–H groups in total. The molecule has 144 valence electrons. The van der Waals surface area contributed by atoms with Crippen molar-refractivity contribution >= 4 is 11.5 Å². The number of carbonyl (C=O) groups is 1. The minimum absolute atomic E-state index is 0.0363. The molecule has 0 spiro atoms. The maximum Gasteiger partial charge on any atom is 0.175 e. The predicted octanol–water partition coefficient (Wildman–Crippen LogP) is 3.59. The number of hydrogen-bond acceptors (Lipinski definition) is 5. The van der Waals surface area contributed by atoms with Crippen LogP contribution in [0.4, 0.5) is 0 Å². The van der Waals surface area contributed by atoms with Crippen LogP contribution in [0.5, 0.6) is 0 Å². The van der Waals surface area contributed by atoms with Gasteiger partial charge in [-0.05, 0) is 27.2 Å². The molecule has 5 nitrogen and oxygen atoms in total. The lowest BCUT2D eigenvalue weighted by atomic mass is 9.89. The average molecular weight is 360 g/mol. The topological polar surface area (TPSA) is 51.1 Å². The summed E-state index contributed by atoms with van der Waals surface area (Å²) in [6.45, 7) is 11.6. The van der Waals surface area contributed by atoms with Gasteiger partial charge in [0.15, 0.2) is 12.4 Å². The first kappa shape index (κ1) is 20.6. The Morgan fingerprint density at radius 2 is 1.88 bits per heavy atom. The molecule has 1 aliphatic heterocycles. The van der Waals surface area contributed by atoms with Gasteiger partial charge in [0.05, 0.1) is 18.8 Å². The maximum atomic E-state index is 11.9. The minimum atomic E-state index is -0.314. The first-order valence-corrected chi connectivity index (χ1v) is 9.57. The molecule has 5 heteroatoms. The maximum absolute atomic E-state index is 11.9. The molecule has 0 unspecified atom stereocenters. The Morgan fingerprint density at radius 3 is 2.50 bits per heavy atom. The number of unbranched alkanes of at least 4 members (excludes halogenated alkanes) is 1. The third-order valence-electron chi connectivity index (χ3n) is 4.90. The lowest BCUT2D eigenvalue weighted by Gasteiger charge is -2.41. The lowest BCUT2D eigenvalue weighted by Crippen LogP contribution is -2.54. The summed E-state index contributed by atoms with van der Waals surface area (Å²) in [5, 5.41) is 4.43. The van der Waals surface area contributed by atoms with E-state index in [4.69, 9.17) is 9.57 Å². The summed E-state index contributed by atoms with van der Waals surface area (Å²) in [5.74, 6) is 0.100. The third kappa shape index (κ3) is 5.64. The number of ether oxygens (including phenoxy) is 1. The second kappa shape index (κ2) is 9.83. The Kier molecular flexibility index (Phi) is 7.79. The van der Waals surface area contributed by atoms with E-state index in [1.165, 1.54) is 5.56 Å². The zero-order valence-electron chi connectivity index (χ0n) is 16.6. The van der Waals surface area contributed by atoms with E-state index in [1.807, 2.05) is 0 Å². The molecule has 26 heavy (non-hydrogen) atoms. The van der Waals surface area contributed by atoms with E-state index in [9.17, 15) is 4.79 Å². The highest BCUT2D eigenvalue weighted by atomic mass is 16.6. The van der Waals surface area contributed by atoms with Crippen molar-refractivity contribution in [2.75, 3.05) is 32.9 Å². The summed E-state index contributed by atoms with van der Waals surface area (Å²) >= 11 is 0. The molecule has 0 amide bonds. The zero-order valence-corrected chi connectivity index (χ0v) is 16.6. The molecular formula is C21H32N2O3. The fourth-order valence-electron chi connectivity index (χ4n) is 3.12. The van der Waals surface area contributed by atoms with E-state index < -0.39 is 0 Å². The van der Waals surface area contributed by atoms with Gasteiger partial charge < -0.3 is 9.57 Å². The molecule has 1 aromatic rings. The van der Waals surface area contributed by atoms with Gasteiger partial charge >= 0.3 is 0 Å². The van der Waals surface area contributed by atoms with E-state index >= 15 is 0 Å². The number of ketones is 1. The fourth-order valence-corrected chi connectivity index (χ4v) is 3.12. The Morgan fingerprint density at radius 1 is 1.23 bits per heavy atom. The Hall–Kier alpha value is -1.72. The van der Waals surface area contributed by atoms with Crippen LogP contribution in [0.1, 0.15) is 51.2 Å². The van der Waals surface area contributed by atoms with Gasteiger partial charge in [-0.2, -0.15) is 0 Å². The lowest BCUT2D eigenvalue weighted by molar-refractivity contribution is -0.123. The van der Waals surface area contributed by atoms with Crippen molar-refractivity contribution in [1.82, 2.24) is 4.90 Å². The SMILES string of the molecule is CCCCC(=O)CO/N=C(/c1ccc(C)cc1)C(C)(C)N1CCOCC1. The zero-order chi connectivity index (χ0) is 19.0. The first-order valence-electron chi connectivity index (χ1n) is 9.57. The summed E-state index contributed by atoms with van der Waals surface area (Å²) in [7, 11) is 0. The van der Waals surface area contributed by atoms with E-state index in [0.717, 1.165) is 50.4 Å². The van der Waals surface area contributed by atoms with E-state index in [-0.39, 0.29) is 17.9 Å². The summed E-state index contributed by atoms with van der Waals surface area (Å²) in [6.07, 6.45) is 2.46. The predicted molar refractivity (Wildman–Crippen MR) is 105 cm³/mol. The summed E-state index contributed by atoms with van der Waals surface area (Å²) < 4.78 is 5.49. The van der Waals surface area contributed by atoms with Crippen molar-refractivity contribution in [3.63, 3.8) is 0 Å². The van der Waals surface area contributed by atoms with Crippen LogP contribution < -0.4 is 0 Å². The molecule has 1 aromatic carbocycles. The number of benzene rings is 1. The number of Topliss-reactive ketones (excluding diaryl/α,β-unsaturated/α-hetero) is 1. The van der Waals surface area contributed by atoms with Gasteiger partial charge in [-0.1, -0.05) is 48.3 Å². The van der Waals surface area contributed by atoms with Crippen molar-refractivity contribution in [2.45, 2.75) is 52.5 Å². The normalized spacial score (nSPS) is 16.5. The molecule has 0 saturated carbocycles. The van der Waals surface area contributed by atoms with Crippen LogP contribution >= 0.6 is 0 Å². The van der Waals surface area contributed by atoms with Crippen molar-refractivity contribution < 1.29 is 14.4 Å².